The zero-order valence-corrected chi connectivity index (χ0v) is 13.9. The Bertz CT molecular complexity index is 526. The van der Waals surface area contributed by atoms with Crippen LogP contribution in [0.1, 0.15) is 67.9 Å². The Labute approximate surface area is 132 Å². The van der Waals surface area contributed by atoms with E-state index in [1.54, 1.807) is 12.1 Å². The van der Waals surface area contributed by atoms with Gasteiger partial charge in [0.1, 0.15) is 5.60 Å². The molecule has 0 unspecified atom stereocenters. The second-order valence-corrected chi connectivity index (χ2v) is 6.59. The van der Waals surface area contributed by atoms with Gasteiger partial charge in [0.05, 0.1) is 5.56 Å². The predicted octanol–water partition coefficient (Wildman–Crippen LogP) is 4.14. The molecule has 122 valence electrons. The van der Waals surface area contributed by atoms with Crippen LogP contribution in [-0.2, 0) is 16.0 Å². The molecular formula is C18H26O4. The molecule has 0 amide bonds. The molecule has 0 aliphatic carbocycles. The van der Waals surface area contributed by atoms with Gasteiger partial charge in [-0.2, -0.15) is 0 Å². The summed E-state index contributed by atoms with van der Waals surface area (Å²) in [6, 6.07) is 5.22. The topological polar surface area (TPSA) is 63.6 Å². The van der Waals surface area contributed by atoms with E-state index in [-0.39, 0.29) is 5.97 Å². The third-order valence-corrected chi connectivity index (χ3v) is 3.34. The number of esters is 1. The van der Waals surface area contributed by atoms with Gasteiger partial charge < -0.3 is 9.84 Å². The molecule has 0 aliphatic heterocycles. The van der Waals surface area contributed by atoms with Crippen LogP contribution in [0.4, 0.5) is 0 Å². The molecule has 0 saturated heterocycles. The second kappa shape index (κ2) is 7.97. The Balaban J connectivity index is 2.35. The number of carbonyl (C=O) groups is 2. The van der Waals surface area contributed by atoms with Crippen LogP contribution in [0.5, 0.6) is 0 Å². The monoisotopic (exact) mass is 306 g/mol. The van der Waals surface area contributed by atoms with Crippen molar-refractivity contribution in [3.8, 4) is 0 Å². The van der Waals surface area contributed by atoms with E-state index in [4.69, 9.17) is 9.84 Å². The average Bonchev–Trinajstić information content (AvgIpc) is 2.37. The minimum Gasteiger partial charge on any atom is -0.478 e. The molecule has 4 heteroatoms. The van der Waals surface area contributed by atoms with E-state index in [2.05, 4.69) is 0 Å². The van der Waals surface area contributed by atoms with Gasteiger partial charge in [-0.15, -0.1) is 0 Å². The molecule has 0 atom stereocenters. The zero-order chi connectivity index (χ0) is 16.8. The van der Waals surface area contributed by atoms with Crippen molar-refractivity contribution in [2.24, 2.45) is 0 Å². The molecule has 22 heavy (non-hydrogen) atoms. The second-order valence-electron chi connectivity index (χ2n) is 6.59. The number of hydrogen-bond donors (Lipinski definition) is 1. The third-order valence-electron chi connectivity index (χ3n) is 3.34. The van der Waals surface area contributed by atoms with E-state index in [0.717, 1.165) is 36.8 Å². The van der Waals surface area contributed by atoms with Gasteiger partial charge in [0, 0.05) is 6.42 Å². The van der Waals surface area contributed by atoms with Crippen LogP contribution in [0.15, 0.2) is 18.2 Å². The maximum atomic E-state index is 11.6. The lowest BCUT2D eigenvalue weighted by atomic mass is 9.99. The molecule has 1 rings (SSSR count). The number of benzene rings is 1. The molecule has 0 heterocycles. The Kier molecular flexibility index (Phi) is 6.60. The normalized spacial score (nSPS) is 11.3. The van der Waals surface area contributed by atoms with Gasteiger partial charge in [0.15, 0.2) is 0 Å². The molecule has 0 fully saturated rings. The van der Waals surface area contributed by atoms with Crippen LogP contribution >= 0.6 is 0 Å². The van der Waals surface area contributed by atoms with Crippen molar-refractivity contribution in [2.75, 3.05) is 0 Å². The highest BCUT2D eigenvalue weighted by Crippen LogP contribution is 2.16. The number of unbranched alkanes of at least 4 members (excludes halogenated alkanes) is 2. The Hall–Kier alpha value is -1.84. The number of carboxylic acid groups (broad SMARTS) is 1. The lowest BCUT2D eigenvalue weighted by Gasteiger charge is -2.19. The van der Waals surface area contributed by atoms with Gasteiger partial charge >= 0.3 is 11.9 Å². The Morgan fingerprint density at radius 2 is 1.82 bits per heavy atom. The van der Waals surface area contributed by atoms with Gasteiger partial charge in [-0.1, -0.05) is 12.5 Å². The van der Waals surface area contributed by atoms with Crippen molar-refractivity contribution in [1.82, 2.24) is 0 Å². The van der Waals surface area contributed by atoms with E-state index in [1.165, 1.54) is 0 Å². The molecule has 0 spiro atoms. The summed E-state index contributed by atoms with van der Waals surface area (Å²) in [5.74, 6) is -1.05. The van der Waals surface area contributed by atoms with Crippen molar-refractivity contribution in [2.45, 2.75) is 65.4 Å². The summed E-state index contributed by atoms with van der Waals surface area (Å²) in [6.07, 6.45) is 3.93. The molecular weight excluding hydrogens is 280 g/mol. The van der Waals surface area contributed by atoms with Crippen LogP contribution in [0, 0.1) is 6.92 Å². The van der Waals surface area contributed by atoms with Crippen LogP contribution in [-0.4, -0.2) is 22.6 Å². The number of aryl methyl sites for hydroxylation is 2. The van der Waals surface area contributed by atoms with E-state index in [0.29, 0.717) is 12.0 Å². The lowest BCUT2D eigenvalue weighted by Crippen LogP contribution is -2.23. The highest BCUT2D eigenvalue weighted by Gasteiger charge is 2.15. The fourth-order valence-electron chi connectivity index (χ4n) is 2.23. The number of carbonyl (C=O) groups excluding carboxylic acids is 1. The molecule has 0 aliphatic rings. The number of aromatic carboxylic acids is 1. The van der Waals surface area contributed by atoms with Gasteiger partial charge in [-0.05, 0) is 70.2 Å². The fourth-order valence-corrected chi connectivity index (χ4v) is 2.23. The average molecular weight is 306 g/mol. The Morgan fingerprint density at radius 1 is 1.14 bits per heavy atom. The number of ether oxygens (including phenoxy) is 1. The summed E-state index contributed by atoms with van der Waals surface area (Å²) < 4.78 is 5.26. The van der Waals surface area contributed by atoms with Crippen molar-refractivity contribution >= 4 is 11.9 Å². The molecule has 1 aromatic rings. The van der Waals surface area contributed by atoms with E-state index < -0.39 is 11.6 Å². The molecule has 0 aromatic heterocycles. The van der Waals surface area contributed by atoms with Gasteiger partial charge in [-0.3, -0.25) is 4.79 Å². The molecule has 0 bridgehead atoms. The summed E-state index contributed by atoms with van der Waals surface area (Å²) in [5.41, 5.74) is 2.08. The predicted molar refractivity (Wildman–Crippen MR) is 86.2 cm³/mol. The first kappa shape index (κ1) is 18.2. The minimum atomic E-state index is -0.897. The Morgan fingerprint density at radius 3 is 2.41 bits per heavy atom. The van der Waals surface area contributed by atoms with E-state index in [1.807, 2.05) is 33.8 Å². The van der Waals surface area contributed by atoms with Crippen LogP contribution in [0.3, 0.4) is 0 Å². The van der Waals surface area contributed by atoms with Crippen LogP contribution < -0.4 is 0 Å². The van der Waals surface area contributed by atoms with Crippen LogP contribution in [0.25, 0.3) is 0 Å². The first-order chi connectivity index (χ1) is 10.2. The maximum Gasteiger partial charge on any atom is 0.335 e. The highest BCUT2D eigenvalue weighted by atomic mass is 16.6. The number of carboxylic acids is 1. The first-order valence-corrected chi connectivity index (χ1v) is 7.74. The molecule has 0 radical (unpaired) electrons. The molecule has 1 N–H and O–H groups in total. The van der Waals surface area contributed by atoms with E-state index in [9.17, 15) is 9.59 Å². The summed E-state index contributed by atoms with van der Waals surface area (Å²) >= 11 is 0. The van der Waals surface area contributed by atoms with Gasteiger partial charge in [0.25, 0.3) is 0 Å². The smallest absolute Gasteiger partial charge is 0.335 e. The summed E-state index contributed by atoms with van der Waals surface area (Å²) in [5, 5.41) is 9.01. The number of rotatable bonds is 7. The van der Waals surface area contributed by atoms with Crippen LogP contribution in [0.2, 0.25) is 0 Å². The minimum absolute atomic E-state index is 0.156. The zero-order valence-electron chi connectivity index (χ0n) is 13.9. The lowest BCUT2D eigenvalue weighted by molar-refractivity contribution is -0.154. The van der Waals surface area contributed by atoms with Crippen molar-refractivity contribution in [1.29, 1.82) is 0 Å². The maximum absolute atomic E-state index is 11.6. The largest absolute Gasteiger partial charge is 0.478 e. The van der Waals surface area contributed by atoms with Crippen molar-refractivity contribution in [3.05, 3.63) is 34.9 Å². The molecule has 4 nitrogen and oxygen atoms in total. The van der Waals surface area contributed by atoms with Gasteiger partial charge in [0.2, 0.25) is 0 Å². The highest BCUT2D eigenvalue weighted by molar-refractivity contribution is 5.87. The molecule has 0 saturated carbocycles. The summed E-state index contributed by atoms with van der Waals surface area (Å²) in [6.45, 7) is 7.58. The van der Waals surface area contributed by atoms with E-state index >= 15 is 0 Å². The summed E-state index contributed by atoms with van der Waals surface area (Å²) in [4.78, 5) is 22.6. The van der Waals surface area contributed by atoms with Crippen molar-refractivity contribution in [3.63, 3.8) is 0 Å². The van der Waals surface area contributed by atoms with Gasteiger partial charge in [-0.25, -0.2) is 4.79 Å². The number of hydrogen-bond acceptors (Lipinski definition) is 3. The SMILES string of the molecule is Cc1ccc(C(=O)O)cc1CCCCCC(=O)OC(C)(C)C. The first-order valence-electron chi connectivity index (χ1n) is 7.74. The third kappa shape index (κ3) is 6.74. The van der Waals surface area contributed by atoms with Crippen molar-refractivity contribution < 1.29 is 19.4 Å². The quantitative estimate of drug-likeness (QED) is 0.607. The fraction of sp³-hybridized carbons (Fsp3) is 0.556. The summed E-state index contributed by atoms with van der Waals surface area (Å²) in [7, 11) is 0. The standard InChI is InChI=1S/C18H26O4/c1-13-10-11-15(17(20)21)12-14(13)8-6-5-7-9-16(19)22-18(2,3)4/h10-12H,5-9H2,1-4H3,(H,20,21). The molecule has 1 aromatic carbocycles.